The van der Waals surface area contributed by atoms with E-state index in [1.807, 2.05) is 18.8 Å². The van der Waals surface area contributed by atoms with Crippen LogP contribution in [-0.2, 0) is 13.5 Å². The fourth-order valence-corrected chi connectivity index (χ4v) is 2.45. The van der Waals surface area contributed by atoms with E-state index in [1.54, 1.807) is 0 Å². The van der Waals surface area contributed by atoms with E-state index in [-0.39, 0.29) is 0 Å². The van der Waals surface area contributed by atoms with Crippen molar-refractivity contribution in [1.29, 1.82) is 0 Å². The predicted molar refractivity (Wildman–Crippen MR) is 85.6 cm³/mol. The van der Waals surface area contributed by atoms with Crippen LogP contribution in [0.3, 0.4) is 0 Å². The molecule has 0 atom stereocenters. The molecule has 1 aromatic carbocycles. The summed E-state index contributed by atoms with van der Waals surface area (Å²) in [7, 11) is 3.97. The van der Waals surface area contributed by atoms with Gasteiger partial charge in [0, 0.05) is 19.8 Å². The van der Waals surface area contributed by atoms with E-state index < -0.39 is 0 Å². The van der Waals surface area contributed by atoms with Gasteiger partial charge in [0.05, 0.1) is 11.4 Å². The van der Waals surface area contributed by atoms with Gasteiger partial charge >= 0.3 is 0 Å². The van der Waals surface area contributed by atoms with Crippen LogP contribution in [0.4, 0.5) is 17.2 Å². The molecule has 2 aromatic rings. The third kappa shape index (κ3) is 2.50. The van der Waals surface area contributed by atoms with E-state index in [0.717, 1.165) is 29.3 Å². The van der Waals surface area contributed by atoms with Gasteiger partial charge in [0.15, 0.2) is 5.82 Å². The van der Waals surface area contributed by atoms with Crippen LogP contribution < -0.4 is 10.6 Å². The lowest BCUT2D eigenvalue weighted by Gasteiger charge is -2.20. The molecule has 0 spiro atoms. The van der Waals surface area contributed by atoms with Crippen LogP contribution in [-0.4, -0.2) is 16.8 Å². The summed E-state index contributed by atoms with van der Waals surface area (Å²) in [6.45, 7) is 6.38. The first-order valence-corrected chi connectivity index (χ1v) is 7.10. The molecule has 0 bridgehead atoms. The topological polar surface area (TPSA) is 47.1 Å². The molecule has 2 rings (SSSR count). The van der Waals surface area contributed by atoms with Gasteiger partial charge in [-0.25, -0.2) is 0 Å². The lowest BCUT2D eigenvalue weighted by molar-refractivity contribution is 0.711. The zero-order chi connectivity index (χ0) is 14.9. The molecule has 4 nitrogen and oxygen atoms in total. The van der Waals surface area contributed by atoms with E-state index in [9.17, 15) is 0 Å². The Morgan fingerprint density at radius 3 is 2.30 bits per heavy atom. The van der Waals surface area contributed by atoms with Crippen molar-refractivity contribution in [2.24, 2.45) is 7.05 Å². The van der Waals surface area contributed by atoms with Gasteiger partial charge in [0.2, 0.25) is 0 Å². The molecule has 2 N–H and O–H groups in total. The highest BCUT2D eigenvalue weighted by molar-refractivity contribution is 5.73. The van der Waals surface area contributed by atoms with Crippen molar-refractivity contribution < 1.29 is 0 Å². The molecule has 20 heavy (non-hydrogen) atoms. The van der Waals surface area contributed by atoms with E-state index in [0.29, 0.717) is 5.92 Å². The highest BCUT2D eigenvalue weighted by Gasteiger charge is 2.19. The molecule has 0 saturated carbocycles. The molecule has 0 saturated heterocycles. The summed E-state index contributed by atoms with van der Waals surface area (Å²) < 4.78 is 1.86. The zero-order valence-electron chi connectivity index (χ0n) is 13.0. The largest absolute Gasteiger partial charge is 0.394 e. The van der Waals surface area contributed by atoms with E-state index in [4.69, 9.17) is 5.73 Å². The maximum absolute atomic E-state index is 6.27. The Balaban J connectivity index is 2.39. The number of nitrogen functional groups attached to an aromatic ring is 1. The number of nitrogens with zero attached hydrogens (tertiary/aromatic N) is 3. The number of rotatable bonds is 4. The molecule has 0 aliphatic carbocycles. The van der Waals surface area contributed by atoms with Crippen LogP contribution in [0.5, 0.6) is 0 Å². The maximum Gasteiger partial charge on any atom is 0.154 e. The summed E-state index contributed by atoms with van der Waals surface area (Å²) in [6, 6.07) is 8.56. The summed E-state index contributed by atoms with van der Waals surface area (Å²) in [5, 5.41) is 4.54. The second-order valence-corrected chi connectivity index (χ2v) is 5.48. The van der Waals surface area contributed by atoms with Gasteiger partial charge in [0.25, 0.3) is 0 Å². The Labute approximate surface area is 121 Å². The predicted octanol–water partition coefficient (Wildman–Crippen LogP) is 3.46. The molecule has 0 aliphatic heterocycles. The third-order valence-electron chi connectivity index (χ3n) is 3.68. The summed E-state index contributed by atoms with van der Waals surface area (Å²) >= 11 is 0. The van der Waals surface area contributed by atoms with Crippen LogP contribution in [0.2, 0.25) is 0 Å². The molecule has 0 aliphatic rings. The normalized spacial score (nSPS) is 11.1. The van der Waals surface area contributed by atoms with E-state index in [2.05, 4.69) is 55.0 Å². The Morgan fingerprint density at radius 1 is 1.25 bits per heavy atom. The van der Waals surface area contributed by atoms with Gasteiger partial charge in [-0.3, -0.25) is 4.68 Å². The summed E-state index contributed by atoms with van der Waals surface area (Å²) in [4.78, 5) is 2.09. The first-order valence-electron chi connectivity index (χ1n) is 7.10. The average Bonchev–Trinajstić information content (AvgIpc) is 2.73. The maximum atomic E-state index is 6.27. The lowest BCUT2D eigenvalue weighted by atomic mass is 10.1. The Hall–Kier alpha value is -1.97. The number of anilines is 3. The van der Waals surface area contributed by atoms with E-state index in [1.165, 1.54) is 5.56 Å². The van der Waals surface area contributed by atoms with Crippen molar-refractivity contribution in [1.82, 2.24) is 9.78 Å². The van der Waals surface area contributed by atoms with Crippen molar-refractivity contribution in [3.05, 3.63) is 35.5 Å². The number of benzene rings is 1. The van der Waals surface area contributed by atoms with Crippen LogP contribution in [0.15, 0.2) is 24.3 Å². The second-order valence-electron chi connectivity index (χ2n) is 5.48. The van der Waals surface area contributed by atoms with Gasteiger partial charge in [0.1, 0.15) is 0 Å². The number of hydrogen-bond donors (Lipinski definition) is 1. The fraction of sp³-hybridized carbons (Fsp3) is 0.438. The highest BCUT2D eigenvalue weighted by atomic mass is 15.4. The lowest BCUT2D eigenvalue weighted by Crippen LogP contribution is -2.15. The first kappa shape index (κ1) is 14.4. The summed E-state index contributed by atoms with van der Waals surface area (Å²) in [5.74, 6) is 1.27. The first-order chi connectivity index (χ1) is 9.45. The SMILES string of the molecule is CCc1ccc(N(C)c2c(N)c(C(C)C)nn2C)cc1. The number of hydrogen-bond acceptors (Lipinski definition) is 3. The minimum Gasteiger partial charge on any atom is -0.394 e. The molecule has 0 amide bonds. The molecule has 108 valence electrons. The molecule has 1 aromatic heterocycles. The molecular formula is C16H24N4. The second kappa shape index (κ2) is 5.57. The fourth-order valence-electron chi connectivity index (χ4n) is 2.45. The van der Waals surface area contributed by atoms with Crippen LogP contribution in [0.1, 0.15) is 37.9 Å². The van der Waals surface area contributed by atoms with Gasteiger partial charge < -0.3 is 10.6 Å². The highest BCUT2D eigenvalue weighted by Crippen LogP contribution is 2.33. The van der Waals surface area contributed by atoms with Gasteiger partial charge in [-0.2, -0.15) is 5.10 Å². The van der Waals surface area contributed by atoms with Crippen molar-refractivity contribution in [2.75, 3.05) is 17.7 Å². The summed E-state index contributed by atoms with van der Waals surface area (Å²) in [6.07, 6.45) is 1.05. The number of aromatic nitrogens is 2. The van der Waals surface area contributed by atoms with Crippen molar-refractivity contribution in [2.45, 2.75) is 33.1 Å². The quantitative estimate of drug-likeness (QED) is 0.927. The molecule has 0 unspecified atom stereocenters. The number of aryl methyl sites for hydroxylation is 2. The van der Waals surface area contributed by atoms with Gasteiger partial charge in [-0.05, 0) is 30.0 Å². The standard InChI is InChI=1S/C16H24N4/c1-6-12-7-9-13(10-8-12)19(4)16-14(17)15(11(2)3)18-20(16)5/h7-11H,6,17H2,1-5H3. The molecule has 4 heteroatoms. The molecular weight excluding hydrogens is 248 g/mol. The molecule has 0 fully saturated rings. The smallest absolute Gasteiger partial charge is 0.154 e. The Morgan fingerprint density at radius 2 is 1.85 bits per heavy atom. The summed E-state index contributed by atoms with van der Waals surface area (Å²) in [5.41, 5.74) is 10.5. The van der Waals surface area contributed by atoms with Crippen molar-refractivity contribution in [3.8, 4) is 0 Å². The minimum absolute atomic E-state index is 0.325. The minimum atomic E-state index is 0.325. The van der Waals surface area contributed by atoms with E-state index >= 15 is 0 Å². The average molecular weight is 272 g/mol. The molecule has 0 radical (unpaired) electrons. The van der Waals surface area contributed by atoms with Gasteiger partial charge in [-0.15, -0.1) is 0 Å². The Kier molecular flexibility index (Phi) is 4.02. The van der Waals surface area contributed by atoms with Crippen LogP contribution >= 0.6 is 0 Å². The van der Waals surface area contributed by atoms with Crippen LogP contribution in [0, 0.1) is 0 Å². The van der Waals surface area contributed by atoms with Crippen molar-refractivity contribution >= 4 is 17.2 Å². The third-order valence-corrected chi connectivity index (χ3v) is 3.68. The molecule has 1 heterocycles. The van der Waals surface area contributed by atoms with Gasteiger partial charge in [-0.1, -0.05) is 32.9 Å². The zero-order valence-corrected chi connectivity index (χ0v) is 13.0. The van der Waals surface area contributed by atoms with Crippen LogP contribution in [0.25, 0.3) is 0 Å². The van der Waals surface area contributed by atoms with Crippen molar-refractivity contribution in [3.63, 3.8) is 0 Å². The monoisotopic (exact) mass is 272 g/mol. The number of nitrogens with two attached hydrogens (primary N) is 1. The Bertz CT molecular complexity index is 581.